The van der Waals surface area contributed by atoms with E-state index in [0.29, 0.717) is 28.6 Å². The molecule has 0 fully saturated rings. The zero-order valence-electron chi connectivity index (χ0n) is 12.1. The zero-order valence-corrected chi connectivity index (χ0v) is 12.9. The molecular weight excluding hydrogens is 315 g/mol. The molecule has 114 valence electrons. The number of benzene rings is 1. The second kappa shape index (κ2) is 5.44. The number of methoxy groups -OCH3 is 1. The van der Waals surface area contributed by atoms with Crippen LogP contribution in [0.15, 0.2) is 48.0 Å². The van der Waals surface area contributed by atoms with Crippen LogP contribution in [0.2, 0.25) is 0 Å². The molecule has 5 nitrogen and oxygen atoms in total. The first-order chi connectivity index (χ1) is 11.3. The summed E-state index contributed by atoms with van der Waals surface area (Å²) in [6.45, 7) is 0. The lowest BCUT2D eigenvalue weighted by Gasteiger charge is -2.06. The van der Waals surface area contributed by atoms with Crippen LogP contribution in [0.3, 0.4) is 0 Å². The van der Waals surface area contributed by atoms with Crippen LogP contribution in [0.25, 0.3) is 27.7 Å². The summed E-state index contributed by atoms with van der Waals surface area (Å²) in [5, 5.41) is 6.43. The van der Waals surface area contributed by atoms with E-state index in [-0.39, 0.29) is 5.82 Å². The number of thiophene rings is 1. The van der Waals surface area contributed by atoms with E-state index in [9.17, 15) is 4.39 Å². The third-order valence-corrected chi connectivity index (χ3v) is 4.30. The number of hydrogen-bond donors (Lipinski definition) is 0. The van der Waals surface area contributed by atoms with Crippen molar-refractivity contribution in [3.63, 3.8) is 0 Å². The van der Waals surface area contributed by atoms with Gasteiger partial charge in [0.15, 0.2) is 5.82 Å². The fourth-order valence-electron chi connectivity index (χ4n) is 2.34. The molecule has 0 aliphatic carbocycles. The summed E-state index contributed by atoms with van der Waals surface area (Å²) in [4.78, 5) is 9.56. The molecule has 0 amide bonds. The molecule has 0 spiro atoms. The number of aromatic nitrogens is 4. The lowest BCUT2D eigenvalue weighted by Crippen LogP contribution is -1.98. The molecule has 0 unspecified atom stereocenters. The van der Waals surface area contributed by atoms with Crippen molar-refractivity contribution < 1.29 is 9.13 Å². The topological polar surface area (TPSA) is 52.3 Å². The minimum absolute atomic E-state index is 0.384. The Labute approximate surface area is 135 Å². The summed E-state index contributed by atoms with van der Waals surface area (Å²) in [6.07, 6.45) is 1.60. The molecule has 0 atom stereocenters. The van der Waals surface area contributed by atoms with Crippen LogP contribution in [0.4, 0.5) is 4.39 Å². The molecule has 4 rings (SSSR count). The standard InChI is InChI=1S/C16H11FN4OS/c1-22-10-4-5-11(12(17)9-10)13-6-7-18-16-19-15(20-21(13)16)14-3-2-8-23-14/h2-9H,1H3. The predicted molar refractivity (Wildman–Crippen MR) is 86.0 cm³/mol. The van der Waals surface area contributed by atoms with Crippen molar-refractivity contribution in [2.24, 2.45) is 0 Å². The molecule has 0 saturated carbocycles. The second-order valence-corrected chi connectivity index (χ2v) is 5.75. The summed E-state index contributed by atoms with van der Waals surface area (Å²) in [7, 11) is 1.50. The fourth-order valence-corrected chi connectivity index (χ4v) is 2.99. The minimum Gasteiger partial charge on any atom is -0.497 e. The van der Waals surface area contributed by atoms with Crippen LogP contribution in [-0.2, 0) is 0 Å². The smallest absolute Gasteiger partial charge is 0.253 e. The van der Waals surface area contributed by atoms with Crippen molar-refractivity contribution in [1.82, 2.24) is 19.6 Å². The van der Waals surface area contributed by atoms with E-state index in [2.05, 4.69) is 15.1 Å². The molecule has 0 bridgehead atoms. The van der Waals surface area contributed by atoms with Gasteiger partial charge in [0, 0.05) is 17.8 Å². The molecule has 7 heteroatoms. The molecule has 23 heavy (non-hydrogen) atoms. The summed E-state index contributed by atoms with van der Waals surface area (Å²) >= 11 is 1.54. The molecule has 0 aliphatic heterocycles. The van der Waals surface area contributed by atoms with Gasteiger partial charge in [0.2, 0.25) is 0 Å². The molecule has 3 aromatic heterocycles. The van der Waals surface area contributed by atoms with Crippen molar-refractivity contribution >= 4 is 17.1 Å². The number of nitrogens with zero attached hydrogens (tertiary/aromatic N) is 4. The Bertz CT molecular complexity index is 981. The first kappa shape index (κ1) is 13.8. The van der Waals surface area contributed by atoms with Crippen LogP contribution in [-0.4, -0.2) is 26.7 Å². The predicted octanol–water partition coefficient (Wildman–Crippen LogP) is 3.67. The van der Waals surface area contributed by atoms with Crippen molar-refractivity contribution in [1.29, 1.82) is 0 Å². The Morgan fingerprint density at radius 3 is 2.87 bits per heavy atom. The Kier molecular flexibility index (Phi) is 3.27. The van der Waals surface area contributed by atoms with Crippen LogP contribution in [0.1, 0.15) is 0 Å². The number of rotatable bonds is 3. The molecule has 0 radical (unpaired) electrons. The van der Waals surface area contributed by atoms with Crippen molar-refractivity contribution in [2.75, 3.05) is 7.11 Å². The molecule has 1 aromatic carbocycles. The monoisotopic (exact) mass is 326 g/mol. The summed E-state index contributed by atoms with van der Waals surface area (Å²) < 4.78 is 21.0. The van der Waals surface area contributed by atoms with Gasteiger partial charge in [-0.15, -0.1) is 16.4 Å². The maximum atomic E-state index is 14.4. The SMILES string of the molecule is COc1ccc(-c2ccnc3nc(-c4cccs4)nn23)c(F)c1. The normalized spacial score (nSPS) is 11.0. The molecule has 0 saturated heterocycles. The van der Waals surface area contributed by atoms with E-state index >= 15 is 0 Å². The number of fused-ring (bicyclic) bond motifs is 1. The lowest BCUT2D eigenvalue weighted by molar-refractivity contribution is 0.411. The average Bonchev–Trinajstić information content (AvgIpc) is 3.23. The quantitative estimate of drug-likeness (QED) is 0.576. The van der Waals surface area contributed by atoms with Crippen molar-refractivity contribution in [3.05, 3.63) is 53.8 Å². The van der Waals surface area contributed by atoms with Crippen LogP contribution in [0, 0.1) is 5.82 Å². The Morgan fingerprint density at radius 2 is 2.13 bits per heavy atom. The molecular formula is C16H11FN4OS. The van der Waals surface area contributed by atoms with Gasteiger partial charge in [-0.3, -0.25) is 0 Å². The molecule has 3 heterocycles. The summed E-state index contributed by atoms with van der Waals surface area (Å²) in [5.41, 5.74) is 1.01. The van der Waals surface area contributed by atoms with Gasteiger partial charge in [-0.1, -0.05) is 6.07 Å². The van der Waals surface area contributed by atoms with Gasteiger partial charge < -0.3 is 4.74 Å². The largest absolute Gasteiger partial charge is 0.497 e. The maximum absolute atomic E-state index is 14.4. The maximum Gasteiger partial charge on any atom is 0.253 e. The first-order valence-corrected chi connectivity index (χ1v) is 7.74. The van der Waals surface area contributed by atoms with E-state index in [1.807, 2.05) is 17.5 Å². The number of ether oxygens (including phenoxy) is 1. The van der Waals surface area contributed by atoms with Crippen LogP contribution >= 0.6 is 11.3 Å². The van der Waals surface area contributed by atoms with Gasteiger partial charge >= 0.3 is 0 Å². The second-order valence-electron chi connectivity index (χ2n) is 4.80. The van der Waals surface area contributed by atoms with Crippen LogP contribution in [0.5, 0.6) is 5.75 Å². The van der Waals surface area contributed by atoms with Crippen molar-refractivity contribution in [2.45, 2.75) is 0 Å². The highest BCUT2D eigenvalue weighted by atomic mass is 32.1. The molecule has 4 aromatic rings. The highest BCUT2D eigenvalue weighted by Crippen LogP contribution is 2.27. The van der Waals surface area contributed by atoms with Gasteiger partial charge in [-0.25, -0.2) is 9.37 Å². The Hall–Kier alpha value is -2.80. The van der Waals surface area contributed by atoms with E-state index in [4.69, 9.17) is 4.74 Å². The highest BCUT2D eigenvalue weighted by molar-refractivity contribution is 7.13. The van der Waals surface area contributed by atoms with Gasteiger partial charge in [0.05, 0.1) is 17.7 Å². The zero-order chi connectivity index (χ0) is 15.8. The summed E-state index contributed by atoms with van der Waals surface area (Å²) in [5.74, 6) is 1.09. The number of hydrogen-bond acceptors (Lipinski definition) is 5. The van der Waals surface area contributed by atoms with Crippen molar-refractivity contribution in [3.8, 4) is 27.7 Å². The third kappa shape index (κ3) is 2.35. The van der Waals surface area contributed by atoms with Crippen LogP contribution < -0.4 is 4.74 Å². The number of halogens is 1. The van der Waals surface area contributed by atoms with E-state index < -0.39 is 0 Å². The summed E-state index contributed by atoms with van der Waals surface area (Å²) in [6, 6.07) is 10.3. The average molecular weight is 326 g/mol. The van der Waals surface area contributed by atoms with E-state index in [1.54, 1.807) is 40.2 Å². The first-order valence-electron chi connectivity index (χ1n) is 6.86. The Morgan fingerprint density at radius 1 is 1.22 bits per heavy atom. The van der Waals surface area contributed by atoms with E-state index in [1.165, 1.54) is 13.2 Å². The van der Waals surface area contributed by atoms with Gasteiger partial charge in [0.25, 0.3) is 5.78 Å². The minimum atomic E-state index is -0.384. The molecule has 0 N–H and O–H groups in total. The molecule has 0 aliphatic rings. The van der Waals surface area contributed by atoms with E-state index in [0.717, 1.165) is 4.88 Å². The lowest BCUT2D eigenvalue weighted by atomic mass is 10.1. The van der Waals surface area contributed by atoms with Gasteiger partial charge in [-0.05, 0) is 29.6 Å². The fraction of sp³-hybridized carbons (Fsp3) is 0.0625. The highest BCUT2D eigenvalue weighted by Gasteiger charge is 2.14. The third-order valence-electron chi connectivity index (χ3n) is 3.43. The Balaban J connectivity index is 1.90. The van der Waals surface area contributed by atoms with Gasteiger partial charge in [-0.2, -0.15) is 9.50 Å². The van der Waals surface area contributed by atoms with Gasteiger partial charge in [0.1, 0.15) is 11.6 Å².